The number of carbonyl (C=O) groups is 1. The number of ether oxygens (including phenoxy) is 1. The van der Waals surface area contributed by atoms with Gasteiger partial charge in [-0.25, -0.2) is 4.98 Å². The van der Waals surface area contributed by atoms with Gasteiger partial charge < -0.3 is 14.5 Å². The zero-order valence-electron chi connectivity index (χ0n) is 17.8. The zero-order valence-corrected chi connectivity index (χ0v) is 17.8. The van der Waals surface area contributed by atoms with Gasteiger partial charge >= 0.3 is 0 Å². The van der Waals surface area contributed by atoms with Gasteiger partial charge in [0, 0.05) is 25.8 Å². The molecule has 0 spiro atoms. The molecule has 4 rings (SSSR count). The monoisotopic (exact) mass is 415 g/mol. The quantitative estimate of drug-likeness (QED) is 0.563. The lowest BCUT2D eigenvalue weighted by atomic mass is 10.1. The maximum atomic E-state index is 13.3. The third-order valence-corrected chi connectivity index (χ3v) is 5.62. The molecule has 160 valence electrons. The number of nitrogens with zero attached hydrogens (tertiary/aromatic N) is 3. The lowest BCUT2D eigenvalue weighted by Gasteiger charge is -2.22. The first-order chi connectivity index (χ1) is 15.3. The average Bonchev–Trinajstić information content (AvgIpc) is 3.06. The Morgan fingerprint density at radius 3 is 2.45 bits per heavy atom. The Hall–Kier alpha value is -3.18. The SMILES string of the molecule is O=C(c1cccnc1Oc1ccccc1)N1CCCN(CCCc2ccccc2)CC1. The fraction of sp³-hybridized carbons (Fsp3) is 0.308. The molecule has 5 heteroatoms. The Labute approximate surface area is 184 Å². The van der Waals surface area contributed by atoms with Gasteiger partial charge in [-0.2, -0.15) is 0 Å². The summed E-state index contributed by atoms with van der Waals surface area (Å²) in [5.74, 6) is 1.03. The second-order valence-electron chi connectivity index (χ2n) is 7.85. The van der Waals surface area contributed by atoms with Crippen LogP contribution in [0.2, 0.25) is 0 Å². The van der Waals surface area contributed by atoms with E-state index in [9.17, 15) is 4.79 Å². The van der Waals surface area contributed by atoms with E-state index in [0.717, 1.165) is 52.0 Å². The van der Waals surface area contributed by atoms with Crippen LogP contribution < -0.4 is 4.74 Å². The van der Waals surface area contributed by atoms with Crippen molar-refractivity contribution in [2.24, 2.45) is 0 Å². The van der Waals surface area contributed by atoms with Gasteiger partial charge in [0.25, 0.3) is 5.91 Å². The fourth-order valence-corrected chi connectivity index (χ4v) is 3.95. The van der Waals surface area contributed by atoms with Gasteiger partial charge in [-0.05, 0) is 62.2 Å². The number of pyridine rings is 1. The van der Waals surface area contributed by atoms with E-state index < -0.39 is 0 Å². The van der Waals surface area contributed by atoms with E-state index in [1.165, 1.54) is 5.56 Å². The summed E-state index contributed by atoms with van der Waals surface area (Å²) in [5, 5.41) is 0. The zero-order chi connectivity index (χ0) is 21.3. The highest BCUT2D eigenvalue weighted by Gasteiger charge is 2.23. The lowest BCUT2D eigenvalue weighted by molar-refractivity contribution is 0.0758. The van der Waals surface area contributed by atoms with E-state index in [2.05, 4.69) is 40.2 Å². The summed E-state index contributed by atoms with van der Waals surface area (Å²) in [6.45, 7) is 4.47. The first-order valence-electron chi connectivity index (χ1n) is 11.0. The van der Waals surface area contributed by atoms with Crippen molar-refractivity contribution in [1.82, 2.24) is 14.8 Å². The third-order valence-electron chi connectivity index (χ3n) is 5.62. The first kappa shape index (κ1) is 21.1. The molecule has 1 amide bonds. The van der Waals surface area contributed by atoms with Gasteiger partial charge in [0.1, 0.15) is 11.3 Å². The summed E-state index contributed by atoms with van der Waals surface area (Å²) in [6, 6.07) is 23.7. The van der Waals surface area contributed by atoms with E-state index in [1.807, 2.05) is 35.2 Å². The summed E-state index contributed by atoms with van der Waals surface area (Å²) in [6.07, 6.45) is 4.86. The van der Waals surface area contributed by atoms with Gasteiger partial charge in [-0.1, -0.05) is 48.5 Å². The predicted octanol–water partition coefficient (Wildman–Crippen LogP) is 4.65. The maximum absolute atomic E-state index is 13.3. The van der Waals surface area contributed by atoms with Crippen LogP contribution in [0.3, 0.4) is 0 Å². The highest BCUT2D eigenvalue weighted by Crippen LogP contribution is 2.24. The molecular weight excluding hydrogens is 386 g/mol. The molecule has 0 radical (unpaired) electrons. The fourth-order valence-electron chi connectivity index (χ4n) is 3.95. The Morgan fingerprint density at radius 2 is 1.65 bits per heavy atom. The van der Waals surface area contributed by atoms with E-state index in [-0.39, 0.29) is 5.91 Å². The number of benzene rings is 2. The normalized spacial score (nSPS) is 14.8. The minimum atomic E-state index is -0.00910. The van der Waals surface area contributed by atoms with Crippen LogP contribution in [0.15, 0.2) is 79.0 Å². The van der Waals surface area contributed by atoms with Crippen molar-refractivity contribution in [3.8, 4) is 11.6 Å². The molecule has 31 heavy (non-hydrogen) atoms. The van der Waals surface area contributed by atoms with E-state index in [0.29, 0.717) is 17.2 Å². The highest BCUT2D eigenvalue weighted by atomic mass is 16.5. The first-order valence-corrected chi connectivity index (χ1v) is 11.0. The largest absolute Gasteiger partial charge is 0.438 e. The topological polar surface area (TPSA) is 45.7 Å². The van der Waals surface area contributed by atoms with Crippen LogP contribution in [0, 0.1) is 0 Å². The van der Waals surface area contributed by atoms with Gasteiger partial charge in [-0.3, -0.25) is 4.79 Å². The molecule has 2 aromatic carbocycles. The van der Waals surface area contributed by atoms with E-state index >= 15 is 0 Å². The van der Waals surface area contributed by atoms with Crippen LogP contribution in [0.4, 0.5) is 0 Å². The number of aryl methyl sites for hydroxylation is 1. The summed E-state index contributed by atoms with van der Waals surface area (Å²) in [4.78, 5) is 22.0. The van der Waals surface area contributed by atoms with Crippen molar-refractivity contribution in [3.05, 3.63) is 90.1 Å². The number of carbonyl (C=O) groups excluding carboxylic acids is 1. The summed E-state index contributed by atoms with van der Waals surface area (Å²) in [7, 11) is 0. The minimum Gasteiger partial charge on any atom is -0.438 e. The standard InChI is InChI=1S/C26H29N3O2/c30-26(24-15-7-16-27-25(24)31-23-13-5-2-6-14-23)29-19-9-18-28(20-21-29)17-8-12-22-10-3-1-4-11-22/h1-7,10-11,13-16H,8-9,12,17-21H2. The average molecular weight is 416 g/mol. The van der Waals surface area contributed by atoms with Crippen molar-refractivity contribution < 1.29 is 9.53 Å². The van der Waals surface area contributed by atoms with Crippen LogP contribution in [-0.4, -0.2) is 53.4 Å². The molecule has 1 fully saturated rings. The second-order valence-corrected chi connectivity index (χ2v) is 7.85. The molecule has 0 bridgehead atoms. The van der Waals surface area contributed by atoms with E-state index in [4.69, 9.17) is 4.74 Å². The maximum Gasteiger partial charge on any atom is 0.259 e. The summed E-state index contributed by atoms with van der Waals surface area (Å²) < 4.78 is 5.90. The smallest absolute Gasteiger partial charge is 0.259 e. The Morgan fingerprint density at radius 1 is 0.871 bits per heavy atom. The molecule has 1 saturated heterocycles. The van der Waals surface area contributed by atoms with Crippen LogP contribution >= 0.6 is 0 Å². The third kappa shape index (κ3) is 5.92. The number of hydrogen-bond donors (Lipinski definition) is 0. The van der Waals surface area contributed by atoms with Crippen LogP contribution in [0.25, 0.3) is 0 Å². The predicted molar refractivity (Wildman–Crippen MR) is 122 cm³/mol. The van der Waals surface area contributed by atoms with Crippen LogP contribution in [0.5, 0.6) is 11.6 Å². The molecule has 1 aromatic heterocycles. The van der Waals surface area contributed by atoms with Crippen molar-refractivity contribution in [3.63, 3.8) is 0 Å². The van der Waals surface area contributed by atoms with Crippen molar-refractivity contribution in [2.75, 3.05) is 32.7 Å². The Bertz CT molecular complexity index is 963. The number of rotatable bonds is 7. The summed E-state index contributed by atoms with van der Waals surface area (Å²) >= 11 is 0. The molecule has 2 heterocycles. The highest BCUT2D eigenvalue weighted by molar-refractivity contribution is 5.96. The number of para-hydroxylation sites is 1. The molecule has 0 aliphatic carbocycles. The molecule has 1 aliphatic heterocycles. The molecular formula is C26H29N3O2. The molecule has 0 atom stereocenters. The molecule has 1 aliphatic rings. The number of amides is 1. The molecule has 3 aromatic rings. The second kappa shape index (κ2) is 10.7. The van der Waals surface area contributed by atoms with Crippen molar-refractivity contribution in [2.45, 2.75) is 19.3 Å². The van der Waals surface area contributed by atoms with Crippen LogP contribution in [0.1, 0.15) is 28.8 Å². The lowest BCUT2D eigenvalue weighted by Crippen LogP contribution is -2.35. The van der Waals surface area contributed by atoms with Crippen molar-refractivity contribution >= 4 is 5.91 Å². The molecule has 0 saturated carbocycles. The number of aromatic nitrogens is 1. The van der Waals surface area contributed by atoms with Gasteiger partial charge in [0.2, 0.25) is 5.88 Å². The van der Waals surface area contributed by atoms with E-state index in [1.54, 1.807) is 18.3 Å². The summed E-state index contributed by atoms with van der Waals surface area (Å²) in [5.41, 5.74) is 1.90. The Kier molecular flexibility index (Phi) is 7.29. The van der Waals surface area contributed by atoms with Gasteiger partial charge in [0.15, 0.2) is 0 Å². The Balaban J connectivity index is 1.33. The number of hydrogen-bond acceptors (Lipinski definition) is 4. The van der Waals surface area contributed by atoms with Gasteiger partial charge in [-0.15, -0.1) is 0 Å². The van der Waals surface area contributed by atoms with Gasteiger partial charge in [0.05, 0.1) is 0 Å². The molecule has 0 N–H and O–H groups in total. The minimum absolute atomic E-state index is 0.00910. The molecule has 5 nitrogen and oxygen atoms in total. The molecule has 0 unspecified atom stereocenters. The van der Waals surface area contributed by atoms with Crippen molar-refractivity contribution in [1.29, 1.82) is 0 Å². The van der Waals surface area contributed by atoms with Crippen LogP contribution in [-0.2, 0) is 6.42 Å².